The molecule has 1 saturated heterocycles. The Hall–Kier alpha value is -1.79. The van der Waals surface area contributed by atoms with E-state index in [0.29, 0.717) is 25.9 Å². The molecule has 1 unspecified atom stereocenters. The van der Waals surface area contributed by atoms with Crippen LogP contribution in [0.4, 0.5) is 4.79 Å². The molecule has 0 spiro atoms. The second-order valence-corrected chi connectivity index (χ2v) is 4.82. The molecule has 0 aromatic carbocycles. The van der Waals surface area contributed by atoms with Crippen molar-refractivity contribution in [3.05, 3.63) is 0 Å². The van der Waals surface area contributed by atoms with Crippen LogP contribution in [-0.2, 0) is 9.59 Å². The SMILES string of the molecule is CNC(=O)C1CCN(C(=O)NC(C)CC(=O)O)CC1. The molecule has 7 nitrogen and oxygen atoms in total. The van der Waals surface area contributed by atoms with E-state index >= 15 is 0 Å². The van der Waals surface area contributed by atoms with E-state index in [2.05, 4.69) is 10.6 Å². The quantitative estimate of drug-likeness (QED) is 0.671. The van der Waals surface area contributed by atoms with Crippen LogP contribution in [0, 0.1) is 5.92 Å². The van der Waals surface area contributed by atoms with E-state index in [0.717, 1.165) is 0 Å². The topological polar surface area (TPSA) is 98.7 Å². The minimum atomic E-state index is -0.939. The molecule has 1 atom stereocenters. The minimum Gasteiger partial charge on any atom is -0.481 e. The van der Waals surface area contributed by atoms with Gasteiger partial charge in [0.15, 0.2) is 0 Å². The maximum atomic E-state index is 11.9. The molecule has 0 radical (unpaired) electrons. The van der Waals surface area contributed by atoms with E-state index in [-0.39, 0.29) is 24.3 Å². The van der Waals surface area contributed by atoms with Crippen molar-refractivity contribution in [2.24, 2.45) is 5.92 Å². The third-order valence-electron chi connectivity index (χ3n) is 3.25. The van der Waals surface area contributed by atoms with Crippen LogP contribution in [0.1, 0.15) is 26.2 Å². The summed E-state index contributed by atoms with van der Waals surface area (Å²) in [5.74, 6) is -0.962. The molecular weight excluding hydrogens is 250 g/mol. The molecule has 1 heterocycles. The van der Waals surface area contributed by atoms with Crippen LogP contribution in [0.25, 0.3) is 0 Å². The molecule has 0 aliphatic carbocycles. The second kappa shape index (κ2) is 6.96. The normalized spacial score (nSPS) is 17.7. The van der Waals surface area contributed by atoms with Gasteiger partial charge in [-0.05, 0) is 19.8 Å². The van der Waals surface area contributed by atoms with Crippen LogP contribution < -0.4 is 10.6 Å². The fourth-order valence-corrected chi connectivity index (χ4v) is 2.16. The molecule has 3 N–H and O–H groups in total. The maximum absolute atomic E-state index is 11.9. The van der Waals surface area contributed by atoms with Gasteiger partial charge in [-0.25, -0.2) is 4.79 Å². The summed E-state index contributed by atoms with van der Waals surface area (Å²) in [6, 6.07) is -0.661. The third-order valence-corrected chi connectivity index (χ3v) is 3.25. The number of likely N-dealkylation sites (tertiary alicyclic amines) is 1. The van der Waals surface area contributed by atoms with Gasteiger partial charge in [-0.15, -0.1) is 0 Å². The van der Waals surface area contributed by atoms with Crippen molar-refractivity contribution in [3.63, 3.8) is 0 Å². The molecule has 0 saturated carbocycles. The highest BCUT2D eigenvalue weighted by atomic mass is 16.4. The van der Waals surface area contributed by atoms with Crippen LogP contribution in [-0.4, -0.2) is 54.1 Å². The van der Waals surface area contributed by atoms with Gasteiger partial charge in [-0.2, -0.15) is 0 Å². The first-order valence-corrected chi connectivity index (χ1v) is 6.43. The Morgan fingerprint density at radius 3 is 2.37 bits per heavy atom. The molecule has 7 heteroatoms. The Kier molecular flexibility index (Phi) is 5.59. The van der Waals surface area contributed by atoms with Gasteiger partial charge in [-0.3, -0.25) is 9.59 Å². The number of urea groups is 1. The first-order chi connectivity index (χ1) is 8.93. The Balaban J connectivity index is 2.36. The lowest BCUT2D eigenvalue weighted by molar-refractivity contribution is -0.137. The monoisotopic (exact) mass is 271 g/mol. The fourth-order valence-electron chi connectivity index (χ4n) is 2.16. The van der Waals surface area contributed by atoms with Gasteiger partial charge < -0.3 is 20.6 Å². The number of carboxylic acid groups (broad SMARTS) is 1. The average molecular weight is 271 g/mol. The smallest absolute Gasteiger partial charge is 0.317 e. The summed E-state index contributed by atoms with van der Waals surface area (Å²) >= 11 is 0. The Labute approximate surface area is 112 Å². The standard InChI is InChI=1S/C12H21N3O4/c1-8(7-10(16)17)14-12(19)15-5-3-9(4-6-15)11(18)13-2/h8-9H,3-7H2,1-2H3,(H,13,18)(H,14,19)(H,16,17). The van der Waals surface area contributed by atoms with Crippen molar-refractivity contribution in [2.75, 3.05) is 20.1 Å². The number of carbonyl (C=O) groups excluding carboxylic acids is 2. The molecule has 1 aliphatic heterocycles. The van der Waals surface area contributed by atoms with E-state index in [1.165, 1.54) is 0 Å². The van der Waals surface area contributed by atoms with Gasteiger partial charge in [0.05, 0.1) is 6.42 Å². The number of nitrogens with one attached hydrogen (secondary N) is 2. The van der Waals surface area contributed by atoms with Crippen molar-refractivity contribution in [1.29, 1.82) is 0 Å². The van der Waals surface area contributed by atoms with E-state index in [9.17, 15) is 14.4 Å². The number of aliphatic carboxylic acids is 1. The largest absolute Gasteiger partial charge is 0.481 e. The van der Waals surface area contributed by atoms with Gasteiger partial charge >= 0.3 is 12.0 Å². The zero-order valence-corrected chi connectivity index (χ0v) is 11.3. The molecule has 0 aromatic rings. The number of carboxylic acids is 1. The lowest BCUT2D eigenvalue weighted by atomic mass is 9.96. The van der Waals surface area contributed by atoms with Crippen molar-refractivity contribution in [1.82, 2.24) is 15.5 Å². The second-order valence-electron chi connectivity index (χ2n) is 4.82. The predicted molar refractivity (Wildman–Crippen MR) is 68.6 cm³/mol. The Morgan fingerprint density at radius 2 is 1.89 bits per heavy atom. The van der Waals surface area contributed by atoms with Gasteiger partial charge in [0.1, 0.15) is 0 Å². The lowest BCUT2D eigenvalue weighted by Crippen LogP contribution is -2.49. The molecule has 108 valence electrons. The molecule has 1 fully saturated rings. The summed E-state index contributed by atoms with van der Waals surface area (Å²) in [5.41, 5.74) is 0. The van der Waals surface area contributed by atoms with Crippen LogP contribution in [0.3, 0.4) is 0 Å². The van der Waals surface area contributed by atoms with E-state index in [1.807, 2.05) is 0 Å². The van der Waals surface area contributed by atoms with E-state index < -0.39 is 12.0 Å². The highest BCUT2D eigenvalue weighted by Crippen LogP contribution is 2.17. The Bertz CT molecular complexity index is 351. The van der Waals surface area contributed by atoms with Crippen molar-refractivity contribution < 1.29 is 19.5 Å². The molecule has 0 aromatic heterocycles. The number of amides is 3. The number of rotatable bonds is 4. The van der Waals surface area contributed by atoms with Crippen molar-refractivity contribution in [2.45, 2.75) is 32.2 Å². The molecule has 1 rings (SSSR count). The van der Waals surface area contributed by atoms with Crippen LogP contribution in [0.2, 0.25) is 0 Å². The minimum absolute atomic E-state index is 0.0132. The summed E-state index contributed by atoms with van der Waals surface area (Å²) in [6.45, 7) is 2.69. The average Bonchev–Trinajstić information content (AvgIpc) is 2.36. The number of carbonyl (C=O) groups is 3. The highest BCUT2D eigenvalue weighted by Gasteiger charge is 2.27. The molecule has 19 heavy (non-hydrogen) atoms. The summed E-state index contributed by atoms with van der Waals surface area (Å²) in [7, 11) is 1.61. The summed E-state index contributed by atoms with van der Waals surface area (Å²) in [6.07, 6.45) is 1.18. The van der Waals surface area contributed by atoms with Crippen LogP contribution >= 0.6 is 0 Å². The summed E-state index contributed by atoms with van der Waals surface area (Å²) in [5, 5.41) is 13.9. The van der Waals surface area contributed by atoms with Crippen molar-refractivity contribution >= 4 is 17.9 Å². The molecular formula is C12H21N3O4. The number of piperidine rings is 1. The first kappa shape index (κ1) is 15.3. The van der Waals surface area contributed by atoms with E-state index in [1.54, 1.807) is 18.9 Å². The van der Waals surface area contributed by atoms with Crippen LogP contribution in [0.15, 0.2) is 0 Å². The third kappa shape index (κ3) is 4.76. The molecule has 3 amide bonds. The van der Waals surface area contributed by atoms with Crippen LogP contribution in [0.5, 0.6) is 0 Å². The van der Waals surface area contributed by atoms with Crippen molar-refractivity contribution in [3.8, 4) is 0 Å². The summed E-state index contributed by atoms with van der Waals surface area (Å²) in [4.78, 5) is 35.4. The highest BCUT2D eigenvalue weighted by molar-refractivity contribution is 5.79. The fraction of sp³-hybridized carbons (Fsp3) is 0.750. The number of hydrogen-bond donors (Lipinski definition) is 3. The summed E-state index contributed by atoms with van der Waals surface area (Å²) < 4.78 is 0. The maximum Gasteiger partial charge on any atom is 0.317 e. The molecule has 1 aliphatic rings. The van der Waals surface area contributed by atoms with E-state index in [4.69, 9.17) is 5.11 Å². The van der Waals surface area contributed by atoms with Gasteiger partial charge in [0.25, 0.3) is 0 Å². The van der Waals surface area contributed by atoms with Gasteiger partial charge in [0, 0.05) is 32.1 Å². The zero-order chi connectivity index (χ0) is 14.4. The first-order valence-electron chi connectivity index (χ1n) is 6.43. The Morgan fingerprint density at radius 1 is 1.32 bits per heavy atom. The predicted octanol–water partition coefficient (Wildman–Crippen LogP) is 0.0172. The number of hydrogen-bond acceptors (Lipinski definition) is 3. The van der Waals surface area contributed by atoms with Gasteiger partial charge in [0.2, 0.25) is 5.91 Å². The zero-order valence-electron chi connectivity index (χ0n) is 11.3. The lowest BCUT2D eigenvalue weighted by Gasteiger charge is -2.31. The van der Waals surface area contributed by atoms with Gasteiger partial charge in [-0.1, -0.05) is 0 Å². The molecule has 0 bridgehead atoms. The number of nitrogens with zero attached hydrogens (tertiary/aromatic N) is 1.